The number of amides is 2. The molecule has 3 aromatic rings. The Kier molecular flexibility index (Phi) is 10.8. The number of halogens is 1. The Hall–Kier alpha value is -3.36. The smallest absolute Gasteiger partial charge is 0.264 e. The number of rotatable bonds is 12. The topological polar surface area (TPSA) is 86.8 Å². The maximum absolute atomic E-state index is 14.1. The van der Waals surface area contributed by atoms with E-state index in [0.29, 0.717) is 29.2 Å². The van der Waals surface area contributed by atoms with Gasteiger partial charge in [0.1, 0.15) is 12.6 Å². The molecule has 3 rings (SSSR count). The van der Waals surface area contributed by atoms with E-state index in [0.717, 1.165) is 27.4 Å². The molecule has 0 saturated carbocycles. The van der Waals surface area contributed by atoms with E-state index in [4.69, 9.17) is 11.6 Å². The Bertz CT molecular complexity index is 1440. The minimum Gasteiger partial charge on any atom is -0.354 e. The zero-order chi connectivity index (χ0) is 29.4. The Balaban J connectivity index is 2.10. The van der Waals surface area contributed by atoms with Crippen LogP contribution in [0.4, 0.5) is 5.69 Å². The molecule has 0 aliphatic heterocycles. The van der Waals surface area contributed by atoms with Crippen molar-refractivity contribution in [2.75, 3.05) is 17.4 Å². The highest BCUT2D eigenvalue weighted by Crippen LogP contribution is 2.31. The molecule has 3 aromatic carbocycles. The Morgan fingerprint density at radius 3 is 2.23 bits per heavy atom. The van der Waals surface area contributed by atoms with Crippen LogP contribution in [0.15, 0.2) is 71.6 Å². The van der Waals surface area contributed by atoms with Crippen LogP contribution in [0.5, 0.6) is 0 Å². The molecule has 40 heavy (non-hydrogen) atoms. The molecule has 0 aliphatic carbocycles. The van der Waals surface area contributed by atoms with Crippen LogP contribution in [0.2, 0.25) is 5.02 Å². The summed E-state index contributed by atoms with van der Waals surface area (Å²) in [4.78, 5) is 28.9. The molecule has 0 heterocycles. The maximum atomic E-state index is 14.1. The van der Waals surface area contributed by atoms with Crippen molar-refractivity contribution < 1.29 is 18.0 Å². The normalized spacial score (nSPS) is 12.1. The molecule has 9 heteroatoms. The number of carbonyl (C=O) groups is 2. The molecule has 0 aliphatic rings. The highest BCUT2D eigenvalue weighted by molar-refractivity contribution is 7.92. The zero-order valence-electron chi connectivity index (χ0n) is 23.8. The summed E-state index contributed by atoms with van der Waals surface area (Å²) in [7, 11) is -4.16. The van der Waals surface area contributed by atoms with Crippen molar-refractivity contribution >= 4 is 39.1 Å². The molecule has 2 amide bonds. The van der Waals surface area contributed by atoms with Crippen molar-refractivity contribution in [2.45, 2.75) is 64.9 Å². The van der Waals surface area contributed by atoms with Crippen LogP contribution in [0, 0.1) is 20.8 Å². The van der Waals surface area contributed by atoms with Gasteiger partial charge in [-0.15, -0.1) is 0 Å². The third-order valence-electron chi connectivity index (χ3n) is 6.77. The number of sulfonamides is 1. The van der Waals surface area contributed by atoms with Crippen molar-refractivity contribution in [3.8, 4) is 0 Å². The summed E-state index contributed by atoms with van der Waals surface area (Å²) >= 11 is 6.39. The van der Waals surface area contributed by atoms with Gasteiger partial charge in [0.2, 0.25) is 11.8 Å². The average molecular weight is 584 g/mol. The summed E-state index contributed by atoms with van der Waals surface area (Å²) in [5.41, 5.74) is 3.62. The van der Waals surface area contributed by atoms with Crippen molar-refractivity contribution in [1.29, 1.82) is 0 Å². The fourth-order valence-electron chi connectivity index (χ4n) is 4.51. The number of anilines is 1. The van der Waals surface area contributed by atoms with E-state index in [1.165, 1.54) is 17.0 Å². The van der Waals surface area contributed by atoms with Gasteiger partial charge in [0.15, 0.2) is 0 Å². The predicted octanol–water partition coefficient (Wildman–Crippen LogP) is 5.79. The van der Waals surface area contributed by atoms with Gasteiger partial charge in [-0.3, -0.25) is 13.9 Å². The molecule has 1 N–H and O–H groups in total. The number of carbonyl (C=O) groups excluding carboxylic acids is 2. The zero-order valence-corrected chi connectivity index (χ0v) is 25.3. The predicted molar refractivity (Wildman–Crippen MR) is 161 cm³/mol. The van der Waals surface area contributed by atoms with Crippen molar-refractivity contribution in [1.82, 2.24) is 10.2 Å². The van der Waals surface area contributed by atoms with Crippen molar-refractivity contribution in [2.24, 2.45) is 0 Å². The number of hydrogen-bond acceptors (Lipinski definition) is 4. The second-order valence-corrected chi connectivity index (χ2v) is 12.2. The summed E-state index contributed by atoms with van der Waals surface area (Å²) in [6.45, 7) is 9.49. The number of aryl methyl sites for hydroxylation is 2. The van der Waals surface area contributed by atoms with Gasteiger partial charge in [0, 0.05) is 18.1 Å². The molecule has 7 nitrogen and oxygen atoms in total. The number of benzene rings is 3. The molecule has 0 spiro atoms. The van der Waals surface area contributed by atoms with Gasteiger partial charge in [0.25, 0.3) is 10.0 Å². The van der Waals surface area contributed by atoms with Gasteiger partial charge in [-0.25, -0.2) is 8.42 Å². The van der Waals surface area contributed by atoms with E-state index in [2.05, 4.69) is 5.32 Å². The Labute approximate surface area is 243 Å². The first-order chi connectivity index (χ1) is 19.0. The average Bonchev–Trinajstić information content (AvgIpc) is 2.92. The van der Waals surface area contributed by atoms with Crippen molar-refractivity contribution in [3.05, 3.63) is 94.0 Å². The van der Waals surface area contributed by atoms with Gasteiger partial charge in [-0.2, -0.15) is 0 Å². The number of hydrogen-bond donors (Lipinski definition) is 1. The monoisotopic (exact) mass is 583 g/mol. The molecule has 1 atom stereocenters. The van der Waals surface area contributed by atoms with Gasteiger partial charge < -0.3 is 10.2 Å². The molecule has 0 unspecified atom stereocenters. The van der Waals surface area contributed by atoms with E-state index in [1.54, 1.807) is 37.3 Å². The summed E-state index contributed by atoms with van der Waals surface area (Å²) in [6.07, 6.45) is 1.12. The van der Waals surface area contributed by atoms with Crippen LogP contribution in [-0.2, 0) is 26.2 Å². The fourth-order valence-corrected chi connectivity index (χ4v) is 6.15. The number of nitrogens with zero attached hydrogens (tertiary/aromatic N) is 2. The van der Waals surface area contributed by atoms with Crippen LogP contribution >= 0.6 is 11.6 Å². The summed E-state index contributed by atoms with van der Waals surface area (Å²) in [5, 5.41) is 3.28. The molecule has 214 valence electrons. The third kappa shape index (κ3) is 7.43. The lowest BCUT2D eigenvalue weighted by molar-refractivity contribution is -0.140. The van der Waals surface area contributed by atoms with Crippen LogP contribution in [0.3, 0.4) is 0 Å². The molecule has 0 radical (unpaired) electrons. The minimum absolute atomic E-state index is 0.0586. The number of nitrogens with one attached hydrogen (secondary N) is 1. The first-order valence-electron chi connectivity index (χ1n) is 13.5. The second-order valence-electron chi connectivity index (χ2n) is 9.93. The molecule has 0 bridgehead atoms. The van der Waals surface area contributed by atoms with Crippen LogP contribution in [0.25, 0.3) is 0 Å². The van der Waals surface area contributed by atoms with E-state index in [1.807, 2.05) is 52.0 Å². The van der Waals surface area contributed by atoms with Crippen LogP contribution in [0.1, 0.15) is 48.9 Å². The second kappa shape index (κ2) is 13.8. The van der Waals surface area contributed by atoms with Crippen molar-refractivity contribution in [3.63, 3.8) is 0 Å². The molecule has 0 fully saturated rings. The summed E-state index contributed by atoms with van der Waals surface area (Å²) < 4.78 is 29.1. The molecule has 0 aromatic heterocycles. The highest BCUT2D eigenvalue weighted by Gasteiger charge is 2.34. The highest BCUT2D eigenvalue weighted by atomic mass is 35.5. The Morgan fingerprint density at radius 1 is 0.925 bits per heavy atom. The first kappa shape index (κ1) is 31.2. The van der Waals surface area contributed by atoms with E-state index < -0.39 is 28.5 Å². The first-order valence-corrected chi connectivity index (χ1v) is 15.3. The molecular formula is C31H38ClN3O4S. The molecule has 0 saturated heterocycles. The van der Waals surface area contributed by atoms with E-state index >= 15 is 0 Å². The fraction of sp³-hybridized carbons (Fsp3) is 0.355. The standard InChI is InChI=1S/C31H38ClN3O4S/c1-6-18-33-31(37)28(7-2)34(20-25-11-8-10-23(4)19-25)30(36)21-35(29-13-9-12-27(32)24(29)5)40(38,39)26-16-14-22(3)15-17-26/h8-17,19,28H,6-7,18,20-21H2,1-5H3,(H,33,37)/t28-/m1/s1. The minimum atomic E-state index is -4.16. The van der Waals surface area contributed by atoms with Crippen LogP contribution < -0.4 is 9.62 Å². The third-order valence-corrected chi connectivity index (χ3v) is 8.95. The summed E-state index contributed by atoms with van der Waals surface area (Å²) in [5.74, 6) is -0.757. The Morgan fingerprint density at radius 2 is 1.60 bits per heavy atom. The lowest BCUT2D eigenvalue weighted by Crippen LogP contribution is -2.52. The van der Waals surface area contributed by atoms with Gasteiger partial charge in [-0.1, -0.05) is 79.0 Å². The quantitative estimate of drug-likeness (QED) is 0.292. The van der Waals surface area contributed by atoms with E-state index in [9.17, 15) is 18.0 Å². The maximum Gasteiger partial charge on any atom is 0.264 e. The van der Waals surface area contributed by atoms with Crippen LogP contribution in [-0.4, -0.2) is 44.3 Å². The van der Waals surface area contributed by atoms with Gasteiger partial charge in [0.05, 0.1) is 10.6 Å². The lowest BCUT2D eigenvalue weighted by atomic mass is 10.1. The summed E-state index contributed by atoms with van der Waals surface area (Å²) in [6, 6.07) is 18.4. The SMILES string of the molecule is CCCNC(=O)[C@@H](CC)N(Cc1cccc(C)c1)C(=O)CN(c1cccc(Cl)c1C)S(=O)(=O)c1ccc(C)cc1. The lowest BCUT2D eigenvalue weighted by Gasteiger charge is -2.33. The van der Waals surface area contributed by atoms with Gasteiger partial charge >= 0.3 is 0 Å². The largest absolute Gasteiger partial charge is 0.354 e. The van der Waals surface area contributed by atoms with Gasteiger partial charge in [-0.05, 0) is 69.0 Å². The molecular weight excluding hydrogens is 546 g/mol. The van der Waals surface area contributed by atoms with E-state index in [-0.39, 0.29) is 17.3 Å².